The fourth-order valence-corrected chi connectivity index (χ4v) is 5.72. The average molecular weight is 679 g/mol. The predicted molar refractivity (Wildman–Crippen MR) is 163 cm³/mol. The molecule has 2 aromatic heterocycles. The first-order valence-electron chi connectivity index (χ1n) is 13.7. The van der Waals surface area contributed by atoms with Crippen molar-refractivity contribution < 1.29 is 46.3 Å². The second-order valence-corrected chi connectivity index (χ2v) is 12.7. The molecule has 2 aliphatic heterocycles. The zero-order chi connectivity index (χ0) is 33.2. The van der Waals surface area contributed by atoms with E-state index < -0.39 is 58.2 Å². The van der Waals surface area contributed by atoms with Gasteiger partial charge in [0.15, 0.2) is 10.8 Å². The van der Waals surface area contributed by atoms with Gasteiger partial charge < -0.3 is 36.4 Å². The van der Waals surface area contributed by atoms with E-state index in [-0.39, 0.29) is 10.8 Å². The molecule has 0 bridgehead atoms. The van der Waals surface area contributed by atoms with E-state index in [0.29, 0.717) is 22.4 Å². The second-order valence-electron chi connectivity index (χ2n) is 10.8. The van der Waals surface area contributed by atoms with Crippen molar-refractivity contribution in [2.75, 3.05) is 30.7 Å². The number of oxime groups is 1. The van der Waals surface area contributed by atoms with Crippen LogP contribution in [-0.2, 0) is 33.9 Å². The lowest BCUT2D eigenvalue weighted by Crippen LogP contribution is -2.76. The van der Waals surface area contributed by atoms with Crippen molar-refractivity contribution in [2.24, 2.45) is 5.16 Å². The first kappa shape index (κ1) is 32.8. The summed E-state index contributed by atoms with van der Waals surface area (Å²) < 4.78 is 41.1. The topological polar surface area (TPSA) is 257 Å². The number of carboxylic acid groups (broad SMARTS) is 1. The number of amides is 2. The van der Waals surface area contributed by atoms with Gasteiger partial charge in [-0.05, 0) is 57.1 Å². The maximum atomic E-state index is 13.2. The molecule has 18 nitrogen and oxygen atoms in total. The van der Waals surface area contributed by atoms with Crippen molar-refractivity contribution in [1.29, 1.82) is 0 Å². The van der Waals surface area contributed by atoms with Crippen LogP contribution in [0.4, 0.5) is 10.9 Å². The van der Waals surface area contributed by atoms with Crippen molar-refractivity contribution in [3.05, 3.63) is 41.4 Å². The summed E-state index contributed by atoms with van der Waals surface area (Å²) in [5, 5.41) is 25.1. The van der Waals surface area contributed by atoms with Crippen molar-refractivity contribution >= 4 is 67.1 Å². The number of ether oxygens (including phenoxy) is 1. The molecular weight excluding hydrogens is 648 g/mol. The van der Waals surface area contributed by atoms with Crippen LogP contribution in [0.15, 0.2) is 40.9 Å². The number of nitrogens with two attached hydrogens (primary N) is 1. The number of anilines is 2. The molecule has 3 aromatic rings. The first-order chi connectivity index (χ1) is 21.7. The van der Waals surface area contributed by atoms with Crippen LogP contribution in [0.3, 0.4) is 0 Å². The third-order valence-corrected chi connectivity index (χ3v) is 8.13. The summed E-state index contributed by atoms with van der Waals surface area (Å²) in [6.07, 6.45) is -0.681. The number of hydrogen-bond donors (Lipinski definition) is 6. The monoisotopic (exact) mass is 678 g/mol. The number of fused-ring (bicyclic) bond motifs is 1. The van der Waals surface area contributed by atoms with Crippen LogP contribution >= 0.6 is 11.3 Å². The molecule has 20 heteroatoms. The Morgan fingerprint density at radius 1 is 1.28 bits per heavy atom. The number of aromatic nitrogens is 2. The number of hydroxylamine groups is 2. The van der Waals surface area contributed by atoms with Crippen molar-refractivity contribution in [3.8, 4) is 5.75 Å². The van der Waals surface area contributed by atoms with Crippen LogP contribution in [0.5, 0.6) is 5.75 Å². The molecule has 4 heterocycles. The summed E-state index contributed by atoms with van der Waals surface area (Å²) in [6.45, 7) is 4.03. The van der Waals surface area contributed by atoms with Gasteiger partial charge in [0.05, 0.1) is 11.1 Å². The number of rotatable bonds is 13. The molecule has 5 rings (SSSR count). The summed E-state index contributed by atoms with van der Waals surface area (Å²) in [5.74, 6) is -2.39. The lowest BCUT2D eigenvalue weighted by molar-refractivity contribution is -0.218. The molecule has 2 saturated heterocycles. The van der Waals surface area contributed by atoms with Gasteiger partial charge in [-0.1, -0.05) is 5.16 Å². The van der Waals surface area contributed by atoms with Crippen LogP contribution in [-0.4, -0.2) is 100 Å². The van der Waals surface area contributed by atoms with Crippen molar-refractivity contribution in [3.63, 3.8) is 0 Å². The minimum Gasteiger partial charge on any atom is -0.489 e. The fourth-order valence-electron chi connectivity index (χ4n) is 4.72. The largest absolute Gasteiger partial charge is 0.489 e. The van der Waals surface area contributed by atoms with Crippen molar-refractivity contribution in [2.45, 2.75) is 44.0 Å². The van der Waals surface area contributed by atoms with E-state index in [0.717, 1.165) is 42.1 Å². The molecule has 2 aliphatic rings. The molecule has 0 radical (unpaired) electrons. The number of hydrogen-bond acceptors (Lipinski definition) is 15. The minimum absolute atomic E-state index is 0.0608. The highest BCUT2D eigenvalue weighted by Gasteiger charge is 2.58. The van der Waals surface area contributed by atoms with Crippen molar-refractivity contribution in [1.82, 2.24) is 25.7 Å². The van der Waals surface area contributed by atoms with E-state index in [1.54, 1.807) is 18.2 Å². The van der Waals surface area contributed by atoms with Crippen LogP contribution in [0.2, 0.25) is 0 Å². The molecule has 0 saturated carbocycles. The molecule has 7 N–H and O–H groups in total. The van der Waals surface area contributed by atoms with E-state index in [9.17, 15) is 27.9 Å². The zero-order valence-corrected chi connectivity index (χ0v) is 26.0. The standard InChI is InChI=1S/C26H30N8O10S2/c1-26(2)21(23(36)34(26)44-46(39,40)41)32-22(35)20(17-12-45-25(27)31-17)33-43-18(24(37)38)11-42-15-4-5-16-13(9-15)3-6-19(30-16)29-14-7-8-28-10-14/h3-6,9,12,14,18,21,28H,7-8,10-11H2,1-2H3,(H2,27,31)(H,29,30)(H,32,35)(H,37,38)(H,39,40,41). The maximum absolute atomic E-state index is 13.2. The maximum Gasteiger partial charge on any atom is 0.418 e. The SMILES string of the molecule is CC1(C)C(NC(=O)C(=NOC(COc2ccc3nc(NC4CCNC4)ccc3c2)C(=O)O)c2csc(N)n2)C(=O)N1OS(=O)(=O)O. The second kappa shape index (κ2) is 13.0. The van der Waals surface area contributed by atoms with E-state index in [1.807, 2.05) is 12.1 Å². The Hall–Kier alpha value is -4.63. The third kappa shape index (κ3) is 7.42. The molecule has 2 fully saturated rings. The van der Waals surface area contributed by atoms with E-state index in [1.165, 1.54) is 19.2 Å². The molecule has 3 unspecified atom stereocenters. The number of benzene rings is 1. The Kier molecular flexibility index (Phi) is 9.26. The van der Waals surface area contributed by atoms with Gasteiger partial charge in [0.25, 0.3) is 17.9 Å². The van der Waals surface area contributed by atoms with Gasteiger partial charge in [0, 0.05) is 23.4 Å². The van der Waals surface area contributed by atoms with Gasteiger partial charge in [0.1, 0.15) is 29.9 Å². The van der Waals surface area contributed by atoms with E-state index >= 15 is 0 Å². The van der Waals surface area contributed by atoms with Crippen LogP contribution in [0, 0.1) is 0 Å². The number of nitrogens with zero attached hydrogens (tertiary/aromatic N) is 4. The van der Waals surface area contributed by atoms with Gasteiger partial charge in [-0.25, -0.2) is 14.8 Å². The summed E-state index contributed by atoms with van der Waals surface area (Å²) in [7, 11) is -5.01. The summed E-state index contributed by atoms with van der Waals surface area (Å²) in [6, 6.07) is 7.73. The smallest absolute Gasteiger partial charge is 0.418 e. The van der Waals surface area contributed by atoms with E-state index in [4.69, 9.17) is 19.9 Å². The van der Waals surface area contributed by atoms with Gasteiger partial charge >= 0.3 is 16.4 Å². The number of carboxylic acids is 1. The average Bonchev–Trinajstić information content (AvgIpc) is 3.67. The first-order valence-corrected chi connectivity index (χ1v) is 16.0. The van der Waals surface area contributed by atoms with Crippen LogP contribution in [0.25, 0.3) is 10.9 Å². The number of nitrogen functional groups attached to an aromatic ring is 1. The lowest BCUT2D eigenvalue weighted by Gasteiger charge is -2.50. The molecule has 246 valence electrons. The molecule has 0 spiro atoms. The highest BCUT2D eigenvalue weighted by Crippen LogP contribution is 2.33. The number of pyridine rings is 1. The Balaban J connectivity index is 1.27. The van der Waals surface area contributed by atoms with Gasteiger partial charge in [0.2, 0.25) is 0 Å². The number of nitrogens with one attached hydrogen (secondary N) is 3. The normalized spacial score (nSPS) is 20.2. The Morgan fingerprint density at radius 3 is 2.70 bits per heavy atom. The Labute approximate surface area is 265 Å². The Morgan fingerprint density at radius 2 is 2.07 bits per heavy atom. The lowest BCUT2D eigenvalue weighted by atomic mass is 9.84. The summed E-state index contributed by atoms with van der Waals surface area (Å²) >= 11 is 0.961. The minimum atomic E-state index is -5.01. The molecule has 0 aliphatic carbocycles. The quantitative estimate of drug-likeness (QED) is 0.0608. The number of carbonyl (C=O) groups excluding carboxylic acids is 2. The Bertz CT molecular complexity index is 1790. The summed E-state index contributed by atoms with van der Waals surface area (Å²) in [5.41, 5.74) is 4.37. The third-order valence-electron chi connectivity index (χ3n) is 7.12. The zero-order valence-electron chi connectivity index (χ0n) is 24.4. The fraction of sp³-hybridized carbons (Fsp3) is 0.385. The van der Waals surface area contributed by atoms with Gasteiger partial charge in [-0.2, -0.15) is 13.5 Å². The predicted octanol–water partition coefficient (Wildman–Crippen LogP) is 0.140. The molecule has 3 atom stereocenters. The van der Waals surface area contributed by atoms with Crippen LogP contribution < -0.4 is 26.4 Å². The molecule has 1 aromatic carbocycles. The number of aliphatic carboxylic acids is 1. The molecule has 2 amide bonds. The molecular formula is C26H30N8O10S2. The number of thiazole rings is 1. The van der Waals surface area contributed by atoms with Gasteiger partial charge in [-0.15, -0.1) is 15.6 Å². The number of β-lactam (4-membered cyclic amide) rings is 1. The number of carbonyl (C=O) groups is 3. The molecule has 46 heavy (non-hydrogen) atoms. The summed E-state index contributed by atoms with van der Waals surface area (Å²) in [4.78, 5) is 51.5. The van der Waals surface area contributed by atoms with Gasteiger partial charge in [-0.3, -0.25) is 14.1 Å². The highest BCUT2D eigenvalue weighted by atomic mass is 32.3. The van der Waals surface area contributed by atoms with E-state index in [2.05, 4.69) is 35.4 Å². The highest BCUT2D eigenvalue weighted by molar-refractivity contribution is 7.80. The van der Waals surface area contributed by atoms with Crippen LogP contribution in [0.1, 0.15) is 26.0 Å².